The van der Waals surface area contributed by atoms with E-state index in [0.29, 0.717) is 19.2 Å². The van der Waals surface area contributed by atoms with Crippen molar-refractivity contribution >= 4 is 6.03 Å². The van der Waals surface area contributed by atoms with Gasteiger partial charge >= 0.3 is 6.03 Å². The lowest BCUT2D eigenvalue weighted by molar-refractivity contribution is -0.0458. The molecule has 0 aromatic heterocycles. The third kappa shape index (κ3) is 4.86. The first-order chi connectivity index (χ1) is 12.2. The number of rotatable bonds is 6. The van der Waals surface area contributed by atoms with Crippen LogP contribution in [-0.4, -0.2) is 55.9 Å². The van der Waals surface area contributed by atoms with Crippen LogP contribution >= 0.6 is 0 Å². The molecule has 0 spiro atoms. The molecule has 2 N–H and O–H groups in total. The molecule has 2 saturated heterocycles. The molecule has 3 atom stereocenters. The second-order valence-corrected chi connectivity index (χ2v) is 6.83. The predicted octanol–water partition coefficient (Wildman–Crippen LogP) is 2.31. The normalized spacial score (nSPS) is 24.4. The van der Waals surface area contributed by atoms with Gasteiger partial charge < -0.3 is 20.1 Å². The first-order valence-electron chi connectivity index (χ1n) is 9.28. The molecule has 0 unspecified atom stereocenters. The number of hydrogen-bond acceptors (Lipinski definition) is 4. The molecule has 2 aliphatic heterocycles. The van der Waals surface area contributed by atoms with Crippen LogP contribution in [0, 0.1) is 0 Å². The highest BCUT2D eigenvalue weighted by atomic mass is 16.5. The monoisotopic (exact) mass is 347 g/mol. The van der Waals surface area contributed by atoms with Crippen LogP contribution in [0.1, 0.15) is 38.3 Å². The molecule has 0 bridgehead atoms. The lowest BCUT2D eigenvalue weighted by Gasteiger charge is -2.35. The van der Waals surface area contributed by atoms with Crippen LogP contribution in [0.15, 0.2) is 24.3 Å². The second kappa shape index (κ2) is 8.54. The van der Waals surface area contributed by atoms with Gasteiger partial charge in [-0.3, -0.25) is 4.90 Å². The molecule has 3 rings (SSSR count). The molecule has 2 aliphatic rings. The van der Waals surface area contributed by atoms with Gasteiger partial charge in [0.1, 0.15) is 5.75 Å². The zero-order chi connectivity index (χ0) is 17.6. The molecule has 0 saturated carbocycles. The maximum Gasteiger partial charge on any atom is 0.315 e. The Bertz CT molecular complexity index is 581. The molecule has 138 valence electrons. The number of carbonyl (C=O) groups is 1. The Morgan fingerprint density at radius 3 is 3.20 bits per heavy atom. The Labute approximate surface area is 149 Å². The summed E-state index contributed by atoms with van der Waals surface area (Å²) in [5, 5.41) is 5.92. The summed E-state index contributed by atoms with van der Waals surface area (Å²) >= 11 is 0. The number of hydrogen-bond donors (Lipinski definition) is 2. The maximum atomic E-state index is 12.2. The molecule has 2 heterocycles. The van der Waals surface area contributed by atoms with E-state index in [4.69, 9.17) is 9.47 Å². The Morgan fingerprint density at radius 1 is 1.48 bits per heavy atom. The Hall–Kier alpha value is -1.79. The number of morpholine rings is 1. The van der Waals surface area contributed by atoms with Crippen LogP contribution < -0.4 is 15.4 Å². The van der Waals surface area contributed by atoms with E-state index in [2.05, 4.69) is 15.5 Å². The fraction of sp³-hybridized carbons (Fsp3) is 0.632. The summed E-state index contributed by atoms with van der Waals surface area (Å²) in [6.07, 6.45) is 2.57. The van der Waals surface area contributed by atoms with Crippen molar-refractivity contribution in [2.75, 3.05) is 32.8 Å². The summed E-state index contributed by atoms with van der Waals surface area (Å²) in [6.45, 7) is 7.96. The van der Waals surface area contributed by atoms with Crippen molar-refractivity contribution in [3.8, 4) is 5.75 Å². The van der Waals surface area contributed by atoms with Gasteiger partial charge in [-0.05, 0) is 50.9 Å². The lowest BCUT2D eigenvalue weighted by atomic mass is 10.1. The van der Waals surface area contributed by atoms with Crippen LogP contribution in [0.5, 0.6) is 5.75 Å². The van der Waals surface area contributed by atoms with Crippen molar-refractivity contribution in [2.24, 2.45) is 0 Å². The van der Waals surface area contributed by atoms with E-state index in [-0.39, 0.29) is 18.2 Å². The fourth-order valence-electron chi connectivity index (χ4n) is 3.59. The molecular formula is C19H29N3O3. The predicted molar refractivity (Wildman–Crippen MR) is 96.9 cm³/mol. The van der Waals surface area contributed by atoms with Gasteiger partial charge in [-0.2, -0.15) is 0 Å². The van der Waals surface area contributed by atoms with Gasteiger partial charge in [-0.1, -0.05) is 12.1 Å². The molecule has 0 radical (unpaired) electrons. The molecule has 0 aliphatic carbocycles. The largest absolute Gasteiger partial charge is 0.494 e. The molecule has 1 aromatic rings. The third-order valence-electron chi connectivity index (χ3n) is 4.97. The van der Waals surface area contributed by atoms with E-state index in [1.54, 1.807) is 0 Å². The topological polar surface area (TPSA) is 62.8 Å². The summed E-state index contributed by atoms with van der Waals surface area (Å²) in [4.78, 5) is 14.7. The molecule has 2 fully saturated rings. The zero-order valence-corrected chi connectivity index (χ0v) is 15.2. The smallest absolute Gasteiger partial charge is 0.315 e. The van der Waals surface area contributed by atoms with Crippen molar-refractivity contribution in [3.05, 3.63) is 29.8 Å². The highest BCUT2D eigenvalue weighted by Gasteiger charge is 2.32. The number of urea groups is 1. The van der Waals surface area contributed by atoms with Gasteiger partial charge in [-0.15, -0.1) is 0 Å². The van der Waals surface area contributed by atoms with Crippen LogP contribution in [0.3, 0.4) is 0 Å². The summed E-state index contributed by atoms with van der Waals surface area (Å²) in [6, 6.07) is 8.15. The number of amides is 2. The third-order valence-corrected chi connectivity index (χ3v) is 4.97. The van der Waals surface area contributed by atoms with Crippen molar-refractivity contribution in [1.82, 2.24) is 15.5 Å². The highest BCUT2D eigenvalue weighted by Crippen LogP contribution is 2.22. The quantitative estimate of drug-likeness (QED) is 0.829. The number of nitrogens with zero attached hydrogens (tertiary/aromatic N) is 1. The molecule has 6 nitrogen and oxygen atoms in total. The Balaban J connectivity index is 1.43. The highest BCUT2D eigenvalue weighted by molar-refractivity contribution is 5.74. The summed E-state index contributed by atoms with van der Waals surface area (Å²) in [5.74, 6) is 0.824. The zero-order valence-electron chi connectivity index (χ0n) is 15.2. The second-order valence-electron chi connectivity index (χ2n) is 6.83. The summed E-state index contributed by atoms with van der Waals surface area (Å²) in [7, 11) is 0. The minimum Gasteiger partial charge on any atom is -0.494 e. The number of nitrogens with one attached hydrogen (secondary N) is 2. The van der Waals surface area contributed by atoms with Crippen molar-refractivity contribution in [3.63, 3.8) is 0 Å². The minimum atomic E-state index is -0.165. The molecule has 25 heavy (non-hydrogen) atoms. The molecule has 1 aromatic carbocycles. The Kier molecular flexibility index (Phi) is 6.15. The van der Waals surface area contributed by atoms with Gasteiger partial charge in [-0.25, -0.2) is 4.79 Å². The molecule has 6 heteroatoms. The number of fused-ring (bicyclic) bond motifs is 1. The van der Waals surface area contributed by atoms with Crippen LogP contribution in [0.2, 0.25) is 0 Å². The van der Waals surface area contributed by atoms with Gasteiger partial charge in [0.05, 0.1) is 25.4 Å². The van der Waals surface area contributed by atoms with Gasteiger partial charge in [0.15, 0.2) is 0 Å². The maximum absolute atomic E-state index is 12.2. The molecule has 2 amide bonds. The summed E-state index contributed by atoms with van der Waals surface area (Å²) in [5.41, 5.74) is 1.02. The number of carbonyl (C=O) groups excluding carboxylic acids is 1. The minimum absolute atomic E-state index is 0.0803. The lowest BCUT2D eigenvalue weighted by Crippen LogP contribution is -2.51. The van der Waals surface area contributed by atoms with E-state index < -0.39 is 0 Å². The Morgan fingerprint density at radius 2 is 2.36 bits per heavy atom. The number of benzene rings is 1. The van der Waals surface area contributed by atoms with E-state index in [9.17, 15) is 4.79 Å². The average Bonchev–Trinajstić information content (AvgIpc) is 3.08. The van der Waals surface area contributed by atoms with E-state index in [0.717, 1.165) is 31.0 Å². The first-order valence-corrected chi connectivity index (χ1v) is 9.28. The van der Waals surface area contributed by atoms with Crippen molar-refractivity contribution < 1.29 is 14.3 Å². The van der Waals surface area contributed by atoms with Crippen molar-refractivity contribution in [2.45, 2.75) is 44.9 Å². The average molecular weight is 347 g/mol. The van der Waals surface area contributed by atoms with E-state index in [1.807, 2.05) is 38.1 Å². The first kappa shape index (κ1) is 18.0. The number of ether oxygens (including phenoxy) is 2. The standard InChI is InChI=1S/C19H29N3O3/c1-3-24-17-8-4-6-15(10-17)14(2)21-19(23)20-11-18-12-22-9-5-7-16(22)13-25-18/h4,6,8,10,14,16,18H,3,5,7,9,11-13H2,1-2H3,(H2,20,21,23)/t14-,16+,18-/m0/s1. The molecular weight excluding hydrogens is 318 g/mol. The SMILES string of the molecule is CCOc1cccc([C@H](C)NC(=O)NC[C@H]2CN3CCC[C@@H]3CO2)c1. The van der Waals surface area contributed by atoms with E-state index in [1.165, 1.54) is 12.8 Å². The van der Waals surface area contributed by atoms with Crippen molar-refractivity contribution in [1.29, 1.82) is 0 Å². The van der Waals surface area contributed by atoms with Crippen LogP contribution in [0.4, 0.5) is 4.79 Å². The van der Waals surface area contributed by atoms with Crippen LogP contribution in [0.25, 0.3) is 0 Å². The van der Waals surface area contributed by atoms with E-state index >= 15 is 0 Å². The van der Waals surface area contributed by atoms with Gasteiger partial charge in [0, 0.05) is 19.1 Å². The van der Waals surface area contributed by atoms with Gasteiger partial charge in [0.25, 0.3) is 0 Å². The van der Waals surface area contributed by atoms with Crippen LogP contribution in [-0.2, 0) is 4.74 Å². The summed E-state index contributed by atoms with van der Waals surface area (Å²) < 4.78 is 11.4. The fourth-order valence-corrected chi connectivity index (χ4v) is 3.59. The van der Waals surface area contributed by atoms with Gasteiger partial charge in [0.2, 0.25) is 0 Å².